The zero-order chi connectivity index (χ0) is 9.56. The third-order valence-corrected chi connectivity index (χ3v) is 2.02. The summed E-state index contributed by atoms with van der Waals surface area (Å²) in [5.74, 6) is 0. The van der Waals surface area contributed by atoms with Crippen molar-refractivity contribution in [2.45, 2.75) is 6.92 Å². The van der Waals surface area contributed by atoms with E-state index in [1.165, 1.54) is 23.4 Å². The molecule has 2 N–H and O–H groups in total. The van der Waals surface area contributed by atoms with E-state index in [0.29, 0.717) is 6.54 Å². The third-order valence-electron chi connectivity index (χ3n) is 1.16. The summed E-state index contributed by atoms with van der Waals surface area (Å²) in [6.45, 7) is 2.44. The highest BCUT2D eigenvalue weighted by atomic mass is 32.2. The Morgan fingerprint density at radius 1 is 1.75 bits per heavy atom. The molecule has 0 aromatic rings. The molecular formula is C6H13N3O2S. The molecule has 6 heteroatoms. The number of hydrogen-bond acceptors (Lipinski definition) is 4. The second kappa shape index (κ2) is 5.70. The van der Waals surface area contributed by atoms with Crippen molar-refractivity contribution >= 4 is 24.0 Å². The lowest BCUT2D eigenvalue weighted by atomic mass is 10.7. The number of carbonyl (C=O) groups is 1. The fraction of sp³-hybridized carbons (Fsp3) is 0.667. The maximum atomic E-state index is 11.1. The molecule has 0 saturated heterocycles. The van der Waals surface area contributed by atoms with Crippen molar-refractivity contribution in [1.29, 1.82) is 5.41 Å². The topological polar surface area (TPSA) is 65.4 Å². The minimum Gasteiger partial charge on any atom is -0.468 e. The molecule has 0 atom stereocenters. The maximum absolute atomic E-state index is 11.1. The normalized spacial score (nSPS) is 8.92. The molecule has 0 rings (SSSR count). The Kier molecular flexibility index (Phi) is 5.27. The SMILES string of the molecule is CCN(SC)C(=O)NC(=N)OC. The van der Waals surface area contributed by atoms with Gasteiger partial charge in [-0.15, -0.1) is 0 Å². The molecule has 0 saturated carbocycles. The molecule has 5 nitrogen and oxygen atoms in total. The van der Waals surface area contributed by atoms with E-state index in [-0.39, 0.29) is 12.1 Å². The zero-order valence-electron chi connectivity index (χ0n) is 7.38. The van der Waals surface area contributed by atoms with Crippen LogP contribution in [0.5, 0.6) is 0 Å². The standard InChI is InChI=1S/C6H13N3O2S/c1-4-9(12-3)6(10)8-5(7)11-2/h4H2,1-3H3,(H2,7,8,10). The minimum absolute atomic E-state index is 0.243. The van der Waals surface area contributed by atoms with Gasteiger partial charge in [0, 0.05) is 12.8 Å². The smallest absolute Gasteiger partial charge is 0.335 e. The summed E-state index contributed by atoms with van der Waals surface area (Å²) in [6, 6.07) is -0.579. The Morgan fingerprint density at radius 2 is 2.33 bits per heavy atom. The minimum atomic E-state index is -0.336. The van der Waals surface area contributed by atoms with Crippen LogP contribution in [0, 0.1) is 5.41 Å². The first-order valence-electron chi connectivity index (χ1n) is 3.40. The fourth-order valence-corrected chi connectivity index (χ4v) is 1.04. The van der Waals surface area contributed by atoms with Crippen molar-refractivity contribution in [1.82, 2.24) is 9.62 Å². The number of amidine groups is 1. The number of rotatable bonds is 2. The van der Waals surface area contributed by atoms with Crippen molar-refractivity contribution in [3.05, 3.63) is 0 Å². The van der Waals surface area contributed by atoms with Crippen LogP contribution in [0.4, 0.5) is 4.79 Å². The molecule has 0 aromatic heterocycles. The number of ether oxygens (including phenoxy) is 1. The number of urea groups is 1. The molecule has 12 heavy (non-hydrogen) atoms. The molecule has 0 bridgehead atoms. The van der Waals surface area contributed by atoms with Crippen molar-refractivity contribution in [2.24, 2.45) is 0 Å². The molecule has 0 aliphatic carbocycles. The van der Waals surface area contributed by atoms with Gasteiger partial charge in [0.15, 0.2) is 0 Å². The third kappa shape index (κ3) is 3.47. The second-order valence-corrected chi connectivity index (χ2v) is 2.65. The van der Waals surface area contributed by atoms with Crippen LogP contribution in [0.1, 0.15) is 6.92 Å². The fourth-order valence-electron chi connectivity index (χ4n) is 0.566. The van der Waals surface area contributed by atoms with E-state index in [2.05, 4.69) is 10.1 Å². The summed E-state index contributed by atoms with van der Waals surface area (Å²) < 4.78 is 5.96. The maximum Gasteiger partial charge on any atom is 0.335 e. The first-order valence-corrected chi connectivity index (χ1v) is 4.59. The summed E-state index contributed by atoms with van der Waals surface area (Å²) in [5, 5.41) is 9.28. The van der Waals surface area contributed by atoms with Crippen LogP contribution in [0.2, 0.25) is 0 Å². The molecule has 70 valence electrons. The molecule has 0 aliphatic rings. The number of amides is 2. The number of carbonyl (C=O) groups excluding carboxylic acids is 1. The highest BCUT2D eigenvalue weighted by molar-refractivity contribution is 7.96. The van der Waals surface area contributed by atoms with Crippen LogP contribution in [-0.4, -0.2) is 36.3 Å². The number of nitrogens with zero attached hydrogens (tertiary/aromatic N) is 1. The first kappa shape index (κ1) is 11.1. The van der Waals surface area contributed by atoms with E-state index < -0.39 is 0 Å². The summed E-state index contributed by atoms with van der Waals surface area (Å²) >= 11 is 1.30. The summed E-state index contributed by atoms with van der Waals surface area (Å²) in [5.41, 5.74) is 0. The van der Waals surface area contributed by atoms with E-state index in [9.17, 15) is 4.79 Å². The lowest BCUT2D eigenvalue weighted by Gasteiger charge is -2.17. The van der Waals surface area contributed by atoms with Gasteiger partial charge in [-0.25, -0.2) is 4.79 Å². The van der Waals surface area contributed by atoms with Gasteiger partial charge in [-0.05, 0) is 18.9 Å². The van der Waals surface area contributed by atoms with Crippen molar-refractivity contribution in [3.63, 3.8) is 0 Å². The first-order chi connectivity index (χ1) is 5.65. The molecule has 0 aromatic carbocycles. The molecule has 0 unspecified atom stereocenters. The summed E-state index contributed by atoms with van der Waals surface area (Å²) in [4.78, 5) is 11.1. The summed E-state index contributed by atoms with van der Waals surface area (Å²) in [6.07, 6.45) is 1.79. The van der Waals surface area contributed by atoms with Crippen LogP contribution >= 0.6 is 11.9 Å². The van der Waals surface area contributed by atoms with Crippen LogP contribution in [-0.2, 0) is 4.74 Å². The monoisotopic (exact) mass is 191 g/mol. The van der Waals surface area contributed by atoms with E-state index in [0.717, 1.165) is 0 Å². The van der Waals surface area contributed by atoms with E-state index in [4.69, 9.17) is 5.41 Å². The predicted octanol–water partition coefficient (Wildman–Crippen LogP) is 0.877. The Labute approximate surface area is 76.1 Å². The molecule has 0 fully saturated rings. The predicted molar refractivity (Wildman–Crippen MR) is 49.2 cm³/mol. The van der Waals surface area contributed by atoms with Gasteiger partial charge in [0.2, 0.25) is 0 Å². The van der Waals surface area contributed by atoms with Gasteiger partial charge in [-0.2, -0.15) is 0 Å². The van der Waals surface area contributed by atoms with Gasteiger partial charge >= 0.3 is 6.03 Å². The van der Waals surface area contributed by atoms with Gasteiger partial charge in [0.05, 0.1) is 7.11 Å². The van der Waals surface area contributed by atoms with E-state index in [1.54, 1.807) is 6.26 Å². The van der Waals surface area contributed by atoms with Crippen molar-refractivity contribution in [2.75, 3.05) is 19.9 Å². The zero-order valence-corrected chi connectivity index (χ0v) is 8.20. The van der Waals surface area contributed by atoms with Crippen LogP contribution in [0.3, 0.4) is 0 Å². The highest BCUT2D eigenvalue weighted by Crippen LogP contribution is 2.03. The number of nitrogens with one attached hydrogen (secondary N) is 2. The van der Waals surface area contributed by atoms with Gasteiger partial charge in [0.25, 0.3) is 6.02 Å². The number of methoxy groups -OCH3 is 1. The Balaban J connectivity index is 3.92. The molecule has 2 amide bonds. The Bertz CT molecular complexity index is 170. The van der Waals surface area contributed by atoms with Crippen molar-refractivity contribution in [3.8, 4) is 0 Å². The Hall–Kier alpha value is -0.910. The van der Waals surface area contributed by atoms with Gasteiger partial charge in [-0.1, -0.05) is 0 Å². The van der Waals surface area contributed by atoms with E-state index in [1.807, 2.05) is 6.92 Å². The van der Waals surface area contributed by atoms with Gasteiger partial charge in [-0.3, -0.25) is 15.0 Å². The second-order valence-electron chi connectivity index (χ2n) is 1.84. The lowest BCUT2D eigenvalue weighted by molar-refractivity contribution is 0.229. The number of hydrogen-bond donors (Lipinski definition) is 2. The average molecular weight is 191 g/mol. The Morgan fingerprint density at radius 3 is 2.67 bits per heavy atom. The molecular weight excluding hydrogens is 178 g/mol. The van der Waals surface area contributed by atoms with Crippen LogP contribution in [0.15, 0.2) is 0 Å². The molecule has 0 heterocycles. The molecule has 0 aliphatic heterocycles. The average Bonchev–Trinajstić information content (AvgIpc) is 2.06. The molecule has 0 radical (unpaired) electrons. The van der Waals surface area contributed by atoms with Gasteiger partial charge in [0.1, 0.15) is 0 Å². The largest absolute Gasteiger partial charge is 0.468 e. The summed E-state index contributed by atoms with van der Waals surface area (Å²) in [7, 11) is 1.33. The van der Waals surface area contributed by atoms with Gasteiger partial charge < -0.3 is 4.74 Å². The van der Waals surface area contributed by atoms with E-state index >= 15 is 0 Å². The van der Waals surface area contributed by atoms with Crippen LogP contribution in [0.25, 0.3) is 0 Å². The van der Waals surface area contributed by atoms with Crippen LogP contribution < -0.4 is 5.32 Å². The molecule has 0 spiro atoms. The lowest BCUT2D eigenvalue weighted by Crippen LogP contribution is -2.39. The quantitative estimate of drug-likeness (QED) is 0.387. The highest BCUT2D eigenvalue weighted by Gasteiger charge is 2.11. The van der Waals surface area contributed by atoms with Crippen molar-refractivity contribution < 1.29 is 9.53 Å².